The topological polar surface area (TPSA) is 32.8 Å². The number of benzene rings is 3. The second kappa shape index (κ2) is 12.5. The molecule has 0 atom stereocenters. The van der Waals surface area contributed by atoms with Gasteiger partial charge in [0.15, 0.2) is 0 Å². The number of halogens is 3. The molecule has 1 saturated carbocycles. The lowest BCUT2D eigenvalue weighted by Crippen LogP contribution is -2.44. The molecule has 4 aromatic rings. The number of carbonyl (C=O) groups excluding carboxylic acids is 1. The van der Waals surface area contributed by atoms with Crippen molar-refractivity contribution in [3.05, 3.63) is 87.8 Å². The fraction of sp³-hybridized carbons (Fsp3) is 0.323. The molecule has 1 aromatic heterocycles. The highest BCUT2D eigenvalue weighted by atomic mass is 35.5. The van der Waals surface area contributed by atoms with Gasteiger partial charge in [-0.15, -0.1) is 22.9 Å². The van der Waals surface area contributed by atoms with Crippen LogP contribution in [0.3, 0.4) is 0 Å². The molecule has 0 bridgehead atoms. The first-order valence-electron chi connectivity index (χ1n) is 13.1. The Morgan fingerprint density at radius 1 is 0.974 bits per heavy atom. The number of thiophene rings is 1. The van der Waals surface area contributed by atoms with Gasteiger partial charge in [-0.2, -0.15) is 0 Å². The summed E-state index contributed by atoms with van der Waals surface area (Å²) < 4.78 is 8.55. The standard InChI is InChI=1S/C31H31Cl3N2O2S/c1-35(34)24-12-14-25(15-13-24)36(31(37)30-29(33)26-5-3-4-6-28(26)39-30)19-23-17-22(11-16-27(23)38-2)21-9-7-20(18-32)8-10-21/h3-11,16-17,24-25H,12-15,18-19H2,1-2H3. The van der Waals surface area contributed by atoms with E-state index in [2.05, 4.69) is 24.3 Å². The number of methoxy groups -OCH3 is 1. The van der Waals surface area contributed by atoms with Crippen molar-refractivity contribution in [2.45, 2.75) is 50.2 Å². The number of hydrogen-bond acceptors (Lipinski definition) is 4. The molecule has 1 fully saturated rings. The number of nitrogens with zero attached hydrogens (tertiary/aromatic N) is 2. The fourth-order valence-electron chi connectivity index (χ4n) is 5.43. The van der Waals surface area contributed by atoms with Crippen LogP contribution < -0.4 is 4.74 Å². The molecule has 4 nitrogen and oxygen atoms in total. The second-order valence-corrected chi connectivity index (χ2v) is 12.2. The molecule has 1 amide bonds. The molecule has 0 N–H and O–H groups in total. The van der Waals surface area contributed by atoms with Crippen LogP contribution in [0.2, 0.25) is 5.02 Å². The van der Waals surface area contributed by atoms with Gasteiger partial charge in [-0.05, 0) is 72.3 Å². The molecule has 0 radical (unpaired) electrons. The summed E-state index contributed by atoms with van der Waals surface area (Å²) in [6.07, 6.45) is 3.60. The van der Waals surface area contributed by atoms with Gasteiger partial charge >= 0.3 is 0 Å². The van der Waals surface area contributed by atoms with Crippen molar-refractivity contribution in [2.24, 2.45) is 0 Å². The van der Waals surface area contributed by atoms with Gasteiger partial charge in [0.2, 0.25) is 0 Å². The van der Waals surface area contributed by atoms with Crippen molar-refractivity contribution in [3.63, 3.8) is 0 Å². The van der Waals surface area contributed by atoms with Gasteiger partial charge in [0.25, 0.3) is 5.91 Å². The monoisotopic (exact) mass is 600 g/mol. The first-order valence-corrected chi connectivity index (χ1v) is 15.1. The van der Waals surface area contributed by atoms with Crippen LogP contribution in [0.15, 0.2) is 66.7 Å². The van der Waals surface area contributed by atoms with E-state index in [0.29, 0.717) is 28.4 Å². The summed E-state index contributed by atoms with van der Waals surface area (Å²) in [5, 5.41) is 1.44. The molecule has 5 rings (SSSR count). The van der Waals surface area contributed by atoms with E-state index in [-0.39, 0.29) is 11.9 Å². The minimum Gasteiger partial charge on any atom is -0.496 e. The van der Waals surface area contributed by atoms with E-state index in [0.717, 1.165) is 63.8 Å². The SMILES string of the molecule is COc1ccc(-c2ccc(CCl)cc2)cc1CN(C(=O)c1sc2ccccc2c1Cl)C1CCC(N(C)Cl)CC1. The third-order valence-electron chi connectivity index (χ3n) is 7.66. The van der Waals surface area contributed by atoms with E-state index >= 15 is 0 Å². The Bertz CT molecular complexity index is 1450. The molecule has 8 heteroatoms. The van der Waals surface area contributed by atoms with Crippen molar-refractivity contribution >= 4 is 62.3 Å². The van der Waals surface area contributed by atoms with Gasteiger partial charge in [-0.25, -0.2) is 4.42 Å². The van der Waals surface area contributed by atoms with Gasteiger partial charge in [0.05, 0.1) is 12.1 Å². The van der Waals surface area contributed by atoms with Gasteiger partial charge in [-0.3, -0.25) is 4.79 Å². The summed E-state index contributed by atoms with van der Waals surface area (Å²) >= 11 is 20.5. The molecular weight excluding hydrogens is 571 g/mol. The number of rotatable bonds is 8. The largest absolute Gasteiger partial charge is 0.496 e. The fourth-order valence-corrected chi connectivity index (χ4v) is 7.27. The number of alkyl halides is 1. The molecule has 39 heavy (non-hydrogen) atoms. The summed E-state index contributed by atoms with van der Waals surface area (Å²) in [5.74, 6) is 1.20. The molecule has 0 unspecified atom stereocenters. The average Bonchev–Trinajstić information content (AvgIpc) is 3.32. The van der Waals surface area contributed by atoms with Crippen molar-refractivity contribution in [1.82, 2.24) is 9.32 Å². The van der Waals surface area contributed by atoms with Crippen LogP contribution in [0.1, 0.15) is 46.5 Å². The molecule has 0 spiro atoms. The molecule has 3 aromatic carbocycles. The van der Waals surface area contributed by atoms with Crippen LogP contribution in [0, 0.1) is 0 Å². The maximum Gasteiger partial charge on any atom is 0.266 e. The highest BCUT2D eigenvalue weighted by Crippen LogP contribution is 2.38. The van der Waals surface area contributed by atoms with Crippen molar-refractivity contribution in [3.8, 4) is 16.9 Å². The van der Waals surface area contributed by atoms with E-state index in [4.69, 9.17) is 39.7 Å². The lowest BCUT2D eigenvalue weighted by molar-refractivity contribution is 0.0589. The third-order valence-corrected chi connectivity index (χ3v) is 9.91. The van der Waals surface area contributed by atoms with Crippen molar-refractivity contribution < 1.29 is 9.53 Å². The quantitative estimate of drug-likeness (QED) is 0.149. The molecule has 1 heterocycles. The van der Waals surface area contributed by atoms with Gasteiger partial charge in [0.1, 0.15) is 10.6 Å². The maximum atomic E-state index is 14.2. The van der Waals surface area contributed by atoms with Crippen molar-refractivity contribution in [2.75, 3.05) is 14.2 Å². The predicted octanol–water partition coefficient (Wildman–Crippen LogP) is 9.01. The minimum atomic E-state index is -0.0391. The van der Waals surface area contributed by atoms with Crippen LogP contribution in [-0.2, 0) is 12.4 Å². The molecule has 0 saturated heterocycles. The summed E-state index contributed by atoms with van der Waals surface area (Å²) in [6.45, 7) is 0.423. The Kier molecular flexibility index (Phi) is 9.05. The number of hydrogen-bond donors (Lipinski definition) is 0. The third kappa shape index (κ3) is 6.08. The summed E-state index contributed by atoms with van der Waals surface area (Å²) in [4.78, 5) is 16.8. The molecule has 1 aliphatic rings. The van der Waals surface area contributed by atoms with Crippen LogP contribution in [0.25, 0.3) is 21.2 Å². The maximum absolute atomic E-state index is 14.2. The Labute approximate surface area is 249 Å². The normalized spacial score (nSPS) is 17.5. The van der Waals surface area contributed by atoms with E-state index < -0.39 is 0 Å². The number of ether oxygens (including phenoxy) is 1. The Morgan fingerprint density at radius 3 is 2.28 bits per heavy atom. The zero-order chi connectivity index (χ0) is 27.5. The average molecular weight is 602 g/mol. The van der Waals surface area contributed by atoms with Gasteiger partial charge in [-0.1, -0.05) is 60.1 Å². The van der Waals surface area contributed by atoms with Crippen LogP contribution in [-0.4, -0.2) is 41.5 Å². The molecule has 0 aliphatic heterocycles. The summed E-state index contributed by atoms with van der Waals surface area (Å²) in [7, 11) is 3.58. The summed E-state index contributed by atoms with van der Waals surface area (Å²) in [5.41, 5.74) is 4.18. The zero-order valence-electron chi connectivity index (χ0n) is 22.0. The first kappa shape index (κ1) is 28.3. The van der Waals surface area contributed by atoms with E-state index in [1.54, 1.807) is 11.5 Å². The predicted molar refractivity (Wildman–Crippen MR) is 164 cm³/mol. The van der Waals surface area contributed by atoms with Crippen LogP contribution in [0.5, 0.6) is 5.75 Å². The van der Waals surface area contributed by atoms with Crippen molar-refractivity contribution in [1.29, 1.82) is 0 Å². The molecule has 1 aliphatic carbocycles. The first-order chi connectivity index (χ1) is 18.9. The van der Waals surface area contributed by atoms with Gasteiger partial charge < -0.3 is 9.64 Å². The molecular formula is C31H31Cl3N2O2S. The smallest absolute Gasteiger partial charge is 0.266 e. The Morgan fingerprint density at radius 2 is 1.64 bits per heavy atom. The molecule has 204 valence electrons. The highest BCUT2D eigenvalue weighted by Gasteiger charge is 2.33. The van der Waals surface area contributed by atoms with E-state index in [1.165, 1.54) is 11.3 Å². The minimum absolute atomic E-state index is 0.0391. The Balaban J connectivity index is 1.51. The number of amides is 1. The highest BCUT2D eigenvalue weighted by molar-refractivity contribution is 7.21. The van der Waals surface area contributed by atoms with E-state index in [1.807, 2.05) is 54.4 Å². The van der Waals surface area contributed by atoms with Gasteiger partial charge in [0, 0.05) is 47.2 Å². The summed E-state index contributed by atoms with van der Waals surface area (Å²) in [6, 6.07) is 22.7. The lowest BCUT2D eigenvalue weighted by Gasteiger charge is -2.38. The second-order valence-electron chi connectivity index (χ2n) is 10.0. The Hall–Kier alpha value is -2.28. The van der Waals surface area contributed by atoms with Crippen LogP contribution >= 0.6 is 46.3 Å². The zero-order valence-corrected chi connectivity index (χ0v) is 25.1. The number of carbonyl (C=O) groups is 1. The lowest BCUT2D eigenvalue weighted by atomic mass is 9.89. The van der Waals surface area contributed by atoms with Crippen LogP contribution in [0.4, 0.5) is 0 Å². The van der Waals surface area contributed by atoms with E-state index in [9.17, 15) is 4.79 Å². The number of fused-ring (bicyclic) bond motifs is 1.